The molecule has 2 amide bonds. The molecule has 1 aromatic heterocycles. The van der Waals surface area contributed by atoms with E-state index in [0.717, 1.165) is 5.01 Å². The summed E-state index contributed by atoms with van der Waals surface area (Å²) in [6.45, 7) is 2.20. The Hall–Kier alpha value is -2.51. The van der Waals surface area contributed by atoms with Gasteiger partial charge in [-0.15, -0.1) is 11.3 Å². The fourth-order valence-corrected chi connectivity index (χ4v) is 2.88. The minimum atomic E-state index is -0.299. The molecule has 6 nitrogen and oxygen atoms in total. The van der Waals surface area contributed by atoms with Crippen LogP contribution in [0.15, 0.2) is 41.9 Å². The Kier molecular flexibility index (Phi) is 5.35. The maximum Gasteiger partial charge on any atom is 0.256 e. The van der Waals surface area contributed by atoms with E-state index in [2.05, 4.69) is 10.3 Å². The molecule has 7 heteroatoms. The molecule has 0 unspecified atom stereocenters. The van der Waals surface area contributed by atoms with Gasteiger partial charge in [-0.1, -0.05) is 12.1 Å². The summed E-state index contributed by atoms with van der Waals surface area (Å²) in [7, 11) is 0. The lowest BCUT2D eigenvalue weighted by atomic mass is 10.1. The zero-order chi connectivity index (χ0) is 16.8. The number of hydrogen-bond donors (Lipinski definition) is 1. The predicted octanol–water partition coefficient (Wildman–Crippen LogP) is 2.27. The number of ether oxygens (including phenoxy) is 1. The van der Waals surface area contributed by atoms with Crippen molar-refractivity contribution in [1.29, 1.82) is 0 Å². The van der Waals surface area contributed by atoms with Gasteiger partial charge in [0.15, 0.2) is 0 Å². The van der Waals surface area contributed by atoms with Gasteiger partial charge in [-0.25, -0.2) is 4.98 Å². The largest absolute Gasteiger partial charge is 0.378 e. The Morgan fingerprint density at radius 2 is 2.04 bits per heavy atom. The summed E-state index contributed by atoms with van der Waals surface area (Å²) < 4.78 is 5.27. The number of nitrogens with one attached hydrogen (secondary N) is 1. The SMILES string of the molecule is O=C(C=Cc1nccs1)Nc1ccccc1C(=O)N1CCOCC1. The number of para-hydroxylation sites is 1. The van der Waals surface area contributed by atoms with Crippen LogP contribution in [0, 0.1) is 0 Å². The van der Waals surface area contributed by atoms with E-state index in [1.165, 1.54) is 17.4 Å². The fraction of sp³-hybridized carbons (Fsp3) is 0.235. The molecule has 1 aliphatic rings. The van der Waals surface area contributed by atoms with Crippen LogP contribution in [0.3, 0.4) is 0 Å². The van der Waals surface area contributed by atoms with Crippen molar-refractivity contribution < 1.29 is 14.3 Å². The fourth-order valence-electron chi connectivity index (χ4n) is 2.35. The number of anilines is 1. The Labute approximate surface area is 143 Å². The summed E-state index contributed by atoms with van der Waals surface area (Å²) in [4.78, 5) is 30.5. The van der Waals surface area contributed by atoms with Gasteiger partial charge in [0.2, 0.25) is 5.91 Å². The van der Waals surface area contributed by atoms with Crippen molar-refractivity contribution in [1.82, 2.24) is 9.88 Å². The Morgan fingerprint density at radius 3 is 2.79 bits per heavy atom. The van der Waals surface area contributed by atoms with Crippen LogP contribution >= 0.6 is 11.3 Å². The Morgan fingerprint density at radius 1 is 1.25 bits per heavy atom. The van der Waals surface area contributed by atoms with Crippen LogP contribution < -0.4 is 5.32 Å². The first-order valence-electron chi connectivity index (χ1n) is 7.58. The van der Waals surface area contributed by atoms with Crippen LogP contribution in [-0.2, 0) is 9.53 Å². The van der Waals surface area contributed by atoms with Crippen LogP contribution in [-0.4, -0.2) is 48.0 Å². The van der Waals surface area contributed by atoms with E-state index in [1.807, 2.05) is 5.38 Å². The number of carbonyl (C=O) groups excluding carboxylic acids is 2. The number of thiazole rings is 1. The highest BCUT2D eigenvalue weighted by Crippen LogP contribution is 2.18. The van der Waals surface area contributed by atoms with Crippen molar-refractivity contribution in [2.45, 2.75) is 0 Å². The van der Waals surface area contributed by atoms with Gasteiger partial charge >= 0.3 is 0 Å². The normalized spacial score (nSPS) is 14.8. The lowest BCUT2D eigenvalue weighted by Crippen LogP contribution is -2.41. The lowest BCUT2D eigenvalue weighted by molar-refractivity contribution is -0.111. The number of nitrogens with zero attached hydrogens (tertiary/aromatic N) is 2. The molecule has 1 fully saturated rings. The zero-order valence-electron chi connectivity index (χ0n) is 13.0. The second kappa shape index (κ2) is 7.85. The second-order valence-electron chi connectivity index (χ2n) is 5.14. The molecule has 124 valence electrons. The summed E-state index contributed by atoms with van der Waals surface area (Å²) in [6, 6.07) is 7.02. The summed E-state index contributed by atoms with van der Waals surface area (Å²) in [5.41, 5.74) is 0.984. The smallest absolute Gasteiger partial charge is 0.256 e. The monoisotopic (exact) mass is 343 g/mol. The van der Waals surface area contributed by atoms with Crippen molar-refractivity contribution in [3.8, 4) is 0 Å². The third-order valence-electron chi connectivity index (χ3n) is 3.54. The average molecular weight is 343 g/mol. The molecule has 24 heavy (non-hydrogen) atoms. The standard InChI is InChI=1S/C17H17N3O3S/c21-15(5-6-16-18-7-12-24-16)19-14-4-2-1-3-13(14)17(22)20-8-10-23-11-9-20/h1-7,12H,8-11H2,(H,19,21). The van der Waals surface area contributed by atoms with Crippen molar-refractivity contribution in [2.24, 2.45) is 0 Å². The summed E-state index contributed by atoms with van der Waals surface area (Å²) in [5, 5.41) is 5.36. The van der Waals surface area contributed by atoms with Gasteiger partial charge in [-0.2, -0.15) is 0 Å². The predicted molar refractivity (Wildman–Crippen MR) is 92.9 cm³/mol. The number of aromatic nitrogens is 1. The molecule has 0 radical (unpaired) electrons. The molecule has 1 N–H and O–H groups in total. The Bertz CT molecular complexity index is 737. The van der Waals surface area contributed by atoms with Crippen molar-refractivity contribution >= 4 is 34.9 Å². The minimum Gasteiger partial charge on any atom is -0.378 e. The van der Waals surface area contributed by atoms with E-state index < -0.39 is 0 Å². The first-order valence-corrected chi connectivity index (χ1v) is 8.46. The highest BCUT2D eigenvalue weighted by atomic mass is 32.1. The molecular weight excluding hydrogens is 326 g/mol. The molecule has 3 rings (SSSR count). The molecule has 0 saturated carbocycles. The van der Waals surface area contributed by atoms with Crippen LogP contribution in [0.4, 0.5) is 5.69 Å². The number of morpholine rings is 1. The highest BCUT2D eigenvalue weighted by molar-refractivity contribution is 7.10. The topological polar surface area (TPSA) is 71.5 Å². The summed E-state index contributed by atoms with van der Waals surface area (Å²) in [5.74, 6) is -0.398. The van der Waals surface area contributed by atoms with E-state index in [1.54, 1.807) is 41.4 Å². The lowest BCUT2D eigenvalue weighted by Gasteiger charge is -2.27. The number of benzene rings is 1. The van der Waals surface area contributed by atoms with E-state index in [4.69, 9.17) is 4.74 Å². The number of amides is 2. The number of hydrogen-bond acceptors (Lipinski definition) is 5. The van der Waals surface area contributed by atoms with Gasteiger partial charge < -0.3 is 15.0 Å². The van der Waals surface area contributed by atoms with Crippen molar-refractivity contribution in [3.63, 3.8) is 0 Å². The molecule has 0 spiro atoms. The maximum absolute atomic E-state index is 12.6. The van der Waals surface area contributed by atoms with Gasteiger partial charge in [-0.05, 0) is 18.2 Å². The van der Waals surface area contributed by atoms with E-state index >= 15 is 0 Å². The molecular formula is C17H17N3O3S. The van der Waals surface area contributed by atoms with E-state index in [0.29, 0.717) is 37.6 Å². The zero-order valence-corrected chi connectivity index (χ0v) is 13.8. The molecule has 1 saturated heterocycles. The molecule has 1 aromatic carbocycles. The molecule has 0 atom stereocenters. The van der Waals surface area contributed by atoms with Crippen LogP contribution in [0.25, 0.3) is 6.08 Å². The molecule has 2 heterocycles. The number of carbonyl (C=O) groups is 2. The number of rotatable bonds is 4. The first kappa shape index (κ1) is 16.4. The minimum absolute atomic E-state index is 0.0990. The van der Waals surface area contributed by atoms with E-state index in [9.17, 15) is 9.59 Å². The third kappa shape index (κ3) is 4.06. The second-order valence-corrected chi connectivity index (χ2v) is 6.07. The van der Waals surface area contributed by atoms with Crippen molar-refractivity contribution in [3.05, 3.63) is 52.5 Å². The first-order chi connectivity index (χ1) is 11.7. The summed E-state index contributed by atoms with van der Waals surface area (Å²) >= 11 is 1.45. The Balaban J connectivity index is 1.71. The maximum atomic E-state index is 12.6. The van der Waals surface area contributed by atoms with Crippen LogP contribution in [0.1, 0.15) is 15.4 Å². The molecule has 0 bridgehead atoms. The summed E-state index contributed by atoms with van der Waals surface area (Å²) in [6.07, 6.45) is 4.74. The highest BCUT2D eigenvalue weighted by Gasteiger charge is 2.21. The quantitative estimate of drug-likeness (QED) is 0.865. The molecule has 2 aromatic rings. The van der Waals surface area contributed by atoms with Gasteiger partial charge in [0, 0.05) is 30.7 Å². The van der Waals surface area contributed by atoms with Gasteiger partial charge in [-0.3, -0.25) is 9.59 Å². The average Bonchev–Trinajstić information content (AvgIpc) is 3.14. The molecule has 1 aliphatic heterocycles. The molecule has 0 aliphatic carbocycles. The van der Waals surface area contributed by atoms with Gasteiger partial charge in [0.1, 0.15) is 5.01 Å². The van der Waals surface area contributed by atoms with Crippen LogP contribution in [0.5, 0.6) is 0 Å². The third-order valence-corrected chi connectivity index (χ3v) is 4.28. The van der Waals surface area contributed by atoms with Crippen molar-refractivity contribution in [2.75, 3.05) is 31.6 Å². The van der Waals surface area contributed by atoms with Crippen LogP contribution in [0.2, 0.25) is 0 Å². The van der Waals surface area contributed by atoms with Gasteiger partial charge in [0.05, 0.1) is 24.5 Å². The van der Waals surface area contributed by atoms with Gasteiger partial charge in [0.25, 0.3) is 5.91 Å². The van der Waals surface area contributed by atoms with E-state index in [-0.39, 0.29) is 11.8 Å².